The Hall–Kier alpha value is -1.51. The first kappa shape index (κ1) is 10.0. The zero-order chi connectivity index (χ0) is 10.8. The van der Waals surface area contributed by atoms with Gasteiger partial charge in [-0.25, -0.2) is 4.79 Å². The van der Waals surface area contributed by atoms with Gasteiger partial charge in [0, 0.05) is 13.0 Å². The molecule has 0 bridgehead atoms. The SMILES string of the molecule is Cc1cc(C)cc([C@@H]2CCNC(=O)O2)c1. The second-order valence-electron chi connectivity index (χ2n) is 4.03. The maximum absolute atomic E-state index is 11.1. The zero-order valence-corrected chi connectivity index (χ0v) is 9.04. The molecule has 0 unspecified atom stereocenters. The molecule has 1 atom stereocenters. The Morgan fingerprint density at radius 3 is 2.53 bits per heavy atom. The fraction of sp³-hybridized carbons (Fsp3) is 0.417. The Morgan fingerprint density at radius 2 is 1.93 bits per heavy atom. The summed E-state index contributed by atoms with van der Waals surface area (Å²) < 4.78 is 5.23. The first-order valence-corrected chi connectivity index (χ1v) is 5.18. The molecule has 0 spiro atoms. The van der Waals surface area contributed by atoms with Crippen LogP contribution in [0.15, 0.2) is 18.2 Å². The van der Waals surface area contributed by atoms with Crippen LogP contribution in [-0.4, -0.2) is 12.6 Å². The summed E-state index contributed by atoms with van der Waals surface area (Å²) in [6.45, 7) is 4.80. The Bertz CT molecular complexity index is 367. The highest BCUT2D eigenvalue weighted by molar-refractivity contribution is 5.68. The van der Waals surface area contributed by atoms with Crippen molar-refractivity contribution in [3.05, 3.63) is 34.9 Å². The van der Waals surface area contributed by atoms with Gasteiger partial charge in [0.1, 0.15) is 6.10 Å². The lowest BCUT2D eigenvalue weighted by Crippen LogP contribution is -2.33. The molecule has 0 radical (unpaired) electrons. The normalized spacial score (nSPS) is 20.7. The zero-order valence-electron chi connectivity index (χ0n) is 9.04. The molecule has 2 rings (SSSR count). The third kappa shape index (κ3) is 2.29. The quantitative estimate of drug-likeness (QED) is 0.764. The van der Waals surface area contributed by atoms with E-state index in [9.17, 15) is 4.79 Å². The molecule has 1 heterocycles. The number of rotatable bonds is 1. The van der Waals surface area contributed by atoms with Crippen molar-refractivity contribution >= 4 is 6.09 Å². The molecule has 1 aliphatic heterocycles. The summed E-state index contributed by atoms with van der Waals surface area (Å²) >= 11 is 0. The van der Waals surface area contributed by atoms with E-state index in [1.54, 1.807) is 0 Å². The minimum Gasteiger partial charge on any atom is -0.441 e. The average molecular weight is 205 g/mol. The van der Waals surface area contributed by atoms with Gasteiger partial charge in [0.05, 0.1) is 0 Å². The van der Waals surface area contributed by atoms with Gasteiger partial charge < -0.3 is 10.1 Å². The Kier molecular flexibility index (Phi) is 2.62. The smallest absolute Gasteiger partial charge is 0.407 e. The third-order valence-electron chi connectivity index (χ3n) is 2.54. The van der Waals surface area contributed by atoms with Crippen LogP contribution in [0.2, 0.25) is 0 Å². The fourth-order valence-corrected chi connectivity index (χ4v) is 1.97. The van der Waals surface area contributed by atoms with Crippen LogP contribution < -0.4 is 5.32 Å². The molecule has 0 aliphatic carbocycles. The molecule has 1 aromatic carbocycles. The molecule has 1 aliphatic rings. The standard InChI is InChI=1S/C12H15NO2/c1-8-5-9(2)7-10(6-8)11-3-4-13-12(14)15-11/h5-7,11H,3-4H2,1-2H3,(H,13,14)/t11-/m0/s1. The number of hydrogen-bond acceptors (Lipinski definition) is 2. The van der Waals surface area contributed by atoms with E-state index in [-0.39, 0.29) is 12.2 Å². The lowest BCUT2D eigenvalue weighted by molar-refractivity contribution is 0.0738. The van der Waals surface area contributed by atoms with Gasteiger partial charge >= 0.3 is 6.09 Å². The largest absolute Gasteiger partial charge is 0.441 e. The molecule has 3 nitrogen and oxygen atoms in total. The van der Waals surface area contributed by atoms with Crippen LogP contribution >= 0.6 is 0 Å². The second kappa shape index (κ2) is 3.93. The van der Waals surface area contributed by atoms with Gasteiger partial charge in [0.2, 0.25) is 0 Å². The number of alkyl carbamates (subject to hydrolysis) is 1. The molecule has 3 heteroatoms. The van der Waals surface area contributed by atoms with Crippen LogP contribution in [0.5, 0.6) is 0 Å². The minimum absolute atomic E-state index is 0.0858. The summed E-state index contributed by atoms with van der Waals surface area (Å²) in [5.74, 6) is 0. The van der Waals surface area contributed by atoms with Gasteiger partial charge in [-0.2, -0.15) is 0 Å². The van der Waals surface area contributed by atoms with Gasteiger partial charge in [0.25, 0.3) is 0 Å². The predicted octanol–water partition coefficient (Wildman–Crippen LogP) is 2.47. The summed E-state index contributed by atoms with van der Waals surface area (Å²) in [6, 6.07) is 6.28. The van der Waals surface area contributed by atoms with Crippen LogP contribution in [0.3, 0.4) is 0 Å². The van der Waals surface area contributed by atoms with Crippen molar-refractivity contribution in [2.24, 2.45) is 0 Å². The monoisotopic (exact) mass is 205 g/mol. The molecule has 1 saturated heterocycles. The summed E-state index contributed by atoms with van der Waals surface area (Å²) in [4.78, 5) is 11.1. The number of hydrogen-bond donors (Lipinski definition) is 1. The fourth-order valence-electron chi connectivity index (χ4n) is 1.97. The van der Waals surface area contributed by atoms with Crippen LogP contribution in [0.1, 0.15) is 29.2 Å². The highest BCUT2D eigenvalue weighted by atomic mass is 16.6. The molecule has 1 fully saturated rings. The van der Waals surface area contributed by atoms with E-state index in [2.05, 4.69) is 37.4 Å². The summed E-state index contributed by atoms with van der Waals surface area (Å²) in [5.41, 5.74) is 3.52. The average Bonchev–Trinajstić information content (AvgIpc) is 2.16. The van der Waals surface area contributed by atoms with Gasteiger partial charge in [-0.05, 0) is 19.4 Å². The highest BCUT2D eigenvalue weighted by Gasteiger charge is 2.21. The van der Waals surface area contributed by atoms with Crippen molar-refractivity contribution in [1.29, 1.82) is 0 Å². The van der Waals surface area contributed by atoms with E-state index in [1.165, 1.54) is 11.1 Å². The first-order chi connectivity index (χ1) is 7.15. The first-order valence-electron chi connectivity index (χ1n) is 5.18. The van der Waals surface area contributed by atoms with Crippen molar-refractivity contribution in [3.63, 3.8) is 0 Å². The molecule has 15 heavy (non-hydrogen) atoms. The Labute approximate surface area is 89.4 Å². The Morgan fingerprint density at radius 1 is 1.27 bits per heavy atom. The minimum atomic E-state index is -0.314. The lowest BCUT2D eigenvalue weighted by Gasteiger charge is -2.24. The number of nitrogens with one attached hydrogen (secondary N) is 1. The van der Waals surface area contributed by atoms with E-state index in [1.807, 2.05) is 0 Å². The van der Waals surface area contributed by atoms with Crippen LogP contribution in [0, 0.1) is 13.8 Å². The van der Waals surface area contributed by atoms with Crippen molar-refractivity contribution in [2.75, 3.05) is 6.54 Å². The summed E-state index contributed by atoms with van der Waals surface area (Å²) in [5, 5.41) is 2.65. The van der Waals surface area contributed by atoms with Crippen LogP contribution in [0.25, 0.3) is 0 Å². The van der Waals surface area contributed by atoms with Crippen LogP contribution in [-0.2, 0) is 4.74 Å². The van der Waals surface area contributed by atoms with Gasteiger partial charge in [-0.1, -0.05) is 29.3 Å². The number of benzene rings is 1. The lowest BCUT2D eigenvalue weighted by atomic mass is 10.0. The van der Waals surface area contributed by atoms with E-state index in [0.717, 1.165) is 12.0 Å². The second-order valence-corrected chi connectivity index (χ2v) is 4.03. The van der Waals surface area contributed by atoms with E-state index in [4.69, 9.17) is 4.74 Å². The van der Waals surface area contributed by atoms with Crippen molar-refractivity contribution < 1.29 is 9.53 Å². The van der Waals surface area contributed by atoms with Gasteiger partial charge in [-0.3, -0.25) is 0 Å². The van der Waals surface area contributed by atoms with E-state index in [0.29, 0.717) is 6.54 Å². The molecule has 0 aromatic heterocycles. The molecule has 1 aromatic rings. The Balaban J connectivity index is 2.24. The van der Waals surface area contributed by atoms with Gasteiger partial charge in [0.15, 0.2) is 0 Å². The maximum Gasteiger partial charge on any atom is 0.407 e. The number of carbonyl (C=O) groups excluding carboxylic acids is 1. The number of aryl methyl sites for hydroxylation is 2. The molecular weight excluding hydrogens is 190 g/mol. The molecule has 80 valence electrons. The number of ether oxygens (including phenoxy) is 1. The van der Waals surface area contributed by atoms with Crippen molar-refractivity contribution in [3.8, 4) is 0 Å². The van der Waals surface area contributed by atoms with Crippen molar-refractivity contribution in [1.82, 2.24) is 5.32 Å². The molecule has 1 N–H and O–H groups in total. The molecular formula is C12H15NO2. The number of carbonyl (C=O) groups is 1. The predicted molar refractivity (Wildman–Crippen MR) is 57.8 cm³/mol. The van der Waals surface area contributed by atoms with Crippen molar-refractivity contribution in [2.45, 2.75) is 26.4 Å². The number of cyclic esters (lactones) is 1. The summed E-state index contributed by atoms with van der Waals surface area (Å²) in [7, 11) is 0. The van der Waals surface area contributed by atoms with E-state index < -0.39 is 0 Å². The van der Waals surface area contributed by atoms with Crippen LogP contribution in [0.4, 0.5) is 4.79 Å². The molecule has 1 amide bonds. The third-order valence-corrected chi connectivity index (χ3v) is 2.54. The molecule has 0 saturated carbocycles. The topological polar surface area (TPSA) is 38.3 Å². The van der Waals surface area contributed by atoms with Gasteiger partial charge in [-0.15, -0.1) is 0 Å². The van der Waals surface area contributed by atoms with E-state index >= 15 is 0 Å². The highest BCUT2D eigenvalue weighted by Crippen LogP contribution is 2.25. The number of amides is 1. The summed E-state index contributed by atoms with van der Waals surface area (Å²) in [6.07, 6.45) is 0.442. The maximum atomic E-state index is 11.1.